The molecule has 2 fully saturated rings. The number of piperidine rings is 1. The molecular formula is C14H19N3O3. The van der Waals surface area contributed by atoms with Crippen LogP contribution in [0.2, 0.25) is 0 Å². The summed E-state index contributed by atoms with van der Waals surface area (Å²) in [6, 6.07) is 1.33. The summed E-state index contributed by atoms with van der Waals surface area (Å²) in [6.07, 6.45) is 7.43. The molecule has 1 amide bonds. The fourth-order valence-electron chi connectivity index (χ4n) is 3.57. The fraction of sp³-hybridized carbons (Fsp3) is 0.643. The number of carbonyl (C=O) groups excluding carboxylic acids is 1. The van der Waals surface area contributed by atoms with Crippen molar-refractivity contribution in [1.29, 1.82) is 0 Å². The van der Waals surface area contributed by atoms with E-state index < -0.39 is 4.92 Å². The van der Waals surface area contributed by atoms with Crippen LogP contribution >= 0.6 is 0 Å². The zero-order chi connectivity index (χ0) is 14.1. The topological polar surface area (TPSA) is 79.2 Å². The second-order valence-electron chi connectivity index (χ2n) is 5.87. The first-order valence-corrected chi connectivity index (χ1v) is 7.27. The minimum Gasteiger partial charge on any atom is -0.351 e. The molecule has 0 radical (unpaired) electrons. The number of nitrogens with one attached hydrogen (secondary N) is 1. The van der Waals surface area contributed by atoms with Gasteiger partial charge in [0.2, 0.25) is 0 Å². The average Bonchev–Trinajstić information content (AvgIpc) is 2.96. The highest BCUT2D eigenvalue weighted by molar-refractivity contribution is 5.93. The van der Waals surface area contributed by atoms with E-state index in [9.17, 15) is 14.9 Å². The summed E-state index contributed by atoms with van der Waals surface area (Å²) in [5, 5.41) is 10.7. The molecule has 3 rings (SSSR count). The van der Waals surface area contributed by atoms with Gasteiger partial charge in [-0.1, -0.05) is 19.3 Å². The molecule has 0 unspecified atom stereocenters. The second kappa shape index (κ2) is 5.26. The number of carbonyl (C=O) groups is 1. The van der Waals surface area contributed by atoms with E-state index in [2.05, 4.69) is 4.98 Å². The van der Waals surface area contributed by atoms with Crippen molar-refractivity contribution in [3.63, 3.8) is 0 Å². The Morgan fingerprint density at radius 3 is 2.75 bits per heavy atom. The minimum atomic E-state index is -0.485. The smallest absolute Gasteiger partial charge is 0.287 e. The lowest BCUT2D eigenvalue weighted by molar-refractivity contribution is -0.384. The van der Waals surface area contributed by atoms with Gasteiger partial charge in [0.15, 0.2) is 0 Å². The molecule has 1 N–H and O–H groups in total. The quantitative estimate of drug-likeness (QED) is 0.666. The van der Waals surface area contributed by atoms with E-state index in [1.165, 1.54) is 37.9 Å². The van der Waals surface area contributed by atoms with Gasteiger partial charge in [-0.05, 0) is 24.7 Å². The van der Waals surface area contributed by atoms with E-state index in [1.54, 1.807) is 0 Å². The van der Waals surface area contributed by atoms with Gasteiger partial charge in [-0.15, -0.1) is 0 Å². The monoisotopic (exact) mass is 277 g/mol. The number of nitrogens with zero attached hydrogens (tertiary/aromatic N) is 2. The third kappa shape index (κ3) is 2.42. The van der Waals surface area contributed by atoms with Crippen molar-refractivity contribution in [3.05, 3.63) is 28.1 Å². The summed E-state index contributed by atoms with van der Waals surface area (Å²) in [5.41, 5.74) is 0.270. The molecule has 20 heavy (non-hydrogen) atoms. The molecule has 0 bridgehead atoms. The Morgan fingerprint density at radius 1 is 1.30 bits per heavy atom. The van der Waals surface area contributed by atoms with E-state index in [-0.39, 0.29) is 11.6 Å². The summed E-state index contributed by atoms with van der Waals surface area (Å²) < 4.78 is 0. The third-order valence-corrected chi connectivity index (χ3v) is 4.69. The lowest BCUT2D eigenvalue weighted by Gasteiger charge is -2.41. The molecule has 1 saturated carbocycles. The number of nitro groups is 1. The Bertz CT molecular complexity index is 525. The summed E-state index contributed by atoms with van der Waals surface area (Å²) in [6.45, 7) is 1.57. The maximum atomic E-state index is 12.4. The molecule has 1 aliphatic heterocycles. The van der Waals surface area contributed by atoms with Gasteiger partial charge in [-0.3, -0.25) is 14.9 Å². The van der Waals surface area contributed by atoms with Crippen molar-refractivity contribution in [2.45, 2.75) is 32.1 Å². The maximum absolute atomic E-state index is 12.4. The van der Waals surface area contributed by atoms with Crippen LogP contribution in [-0.2, 0) is 0 Å². The van der Waals surface area contributed by atoms with Gasteiger partial charge in [0, 0.05) is 19.2 Å². The van der Waals surface area contributed by atoms with E-state index in [1.807, 2.05) is 4.90 Å². The normalized spacial score (nSPS) is 26.1. The summed E-state index contributed by atoms with van der Waals surface area (Å²) >= 11 is 0. The van der Waals surface area contributed by atoms with Crippen LogP contribution in [0.25, 0.3) is 0 Å². The zero-order valence-corrected chi connectivity index (χ0v) is 11.4. The SMILES string of the molecule is O=C(c1cc([N+](=O)[O-])c[nH]1)N1CC[C@H]2CCCC[C@@H]2C1. The van der Waals surface area contributed by atoms with E-state index in [0.29, 0.717) is 11.6 Å². The molecule has 6 heteroatoms. The molecule has 2 atom stereocenters. The Kier molecular flexibility index (Phi) is 3.46. The van der Waals surface area contributed by atoms with Crippen molar-refractivity contribution in [1.82, 2.24) is 9.88 Å². The predicted octanol–water partition coefficient (Wildman–Crippen LogP) is 2.58. The number of aromatic nitrogens is 1. The van der Waals surface area contributed by atoms with E-state index in [0.717, 1.165) is 25.4 Å². The van der Waals surface area contributed by atoms with Crippen LogP contribution < -0.4 is 0 Å². The van der Waals surface area contributed by atoms with Gasteiger partial charge >= 0.3 is 0 Å². The number of hydrogen-bond donors (Lipinski definition) is 1. The molecule has 1 aromatic heterocycles. The number of amides is 1. The highest BCUT2D eigenvalue weighted by Gasteiger charge is 2.33. The number of aromatic amines is 1. The van der Waals surface area contributed by atoms with Crippen molar-refractivity contribution >= 4 is 11.6 Å². The van der Waals surface area contributed by atoms with Gasteiger partial charge in [0.25, 0.3) is 11.6 Å². The maximum Gasteiger partial charge on any atom is 0.287 e. The van der Waals surface area contributed by atoms with Crippen LogP contribution in [0.1, 0.15) is 42.6 Å². The van der Waals surface area contributed by atoms with Crippen molar-refractivity contribution in [2.24, 2.45) is 11.8 Å². The van der Waals surface area contributed by atoms with Crippen molar-refractivity contribution < 1.29 is 9.72 Å². The molecule has 1 saturated heterocycles. The molecule has 0 aromatic carbocycles. The zero-order valence-electron chi connectivity index (χ0n) is 11.4. The Morgan fingerprint density at radius 2 is 2.05 bits per heavy atom. The van der Waals surface area contributed by atoms with E-state index in [4.69, 9.17) is 0 Å². The van der Waals surface area contributed by atoms with Gasteiger partial charge in [0.05, 0.1) is 11.1 Å². The van der Waals surface area contributed by atoms with Crippen LogP contribution in [0.3, 0.4) is 0 Å². The molecule has 6 nitrogen and oxygen atoms in total. The van der Waals surface area contributed by atoms with Crippen LogP contribution in [0.4, 0.5) is 5.69 Å². The Hall–Kier alpha value is -1.85. The van der Waals surface area contributed by atoms with E-state index >= 15 is 0 Å². The molecule has 1 aliphatic carbocycles. The van der Waals surface area contributed by atoms with Crippen molar-refractivity contribution in [2.75, 3.05) is 13.1 Å². The van der Waals surface area contributed by atoms with Crippen LogP contribution in [0.5, 0.6) is 0 Å². The third-order valence-electron chi connectivity index (χ3n) is 4.69. The number of hydrogen-bond acceptors (Lipinski definition) is 3. The molecule has 108 valence electrons. The average molecular weight is 277 g/mol. The van der Waals surface area contributed by atoms with Gasteiger partial charge < -0.3 is 9.88 Å². The highest BCUT2D eigenvalue weighted by Crippen LogP contribution is 2.36. The number of H-pyrrole nitrogens is 1. The molecule has 2 heterocycles. The van der Waals surface area contributed by atoms with Gasteiger partial charge in [0.1, 0.15) is 5.69 Å². The van der Waals surface area contributed by atoms with Gasteiger partial charge in [-0.2, -0.15) is 0 Å². The standard InChI is InChI=1S/C14H19N3O3/c18-14(13-7-12(8-15-13)17(19)20)16-6-5-10-3-1-2-4-11(10)9-16/h7-8,10-11,15H,1-6,9H2/t10-,11-/m1/s1. The first kappa shape index (κ1) is 13.1. The first-order chi connectivity index (χ1) is 9.65. The Labute approximate surface area is 117 Å². The predicted molar refractivity (Wildman–Crippen MR) is 73.4 cm³/mol. The summed E-state index contributed by atoms with van der Waals surface area (Å²) in [7, 11) is 0. The molecule has 1 aromatic rings. The number of fused-ring (bicyclic) bond motifs is 1. The van der Waals surface area contributed by atoms with Crippen molar-refractivity contribution in [3.8, 4) is 0 Å². The van der Waals surface area contributed by atoms with Gasteiger partial charge in [-0.25, -0.2) is 0 Å². The molecule has 2 aliphatic rings. The van der Waals surface area contributed by atoms with Crippen LogP contribution in [0, 0.1) is 22.0 Å². The number of likely N-dealkylation sites (tertiary alicyclic amines) is 1. The highest BCUT2D eigenvalue weighted by atomic mass is 16.6. The fourth-order valence-corrected chi connectivity index (χ4v) is 3.57. The lowest BCUT2D eigenvalue weighted by Crippen LogP contribution is -2.44. The second-order valence-corrected chi connectivity index (χ2v) is 5.87. The largest absolute Gasteiger partial charge is 0.351 e. The lowest BCUT2D eigenvalue weighted by atomic mass is 9.75. The summed E-state index contributed by atoms with van der Waals surface area (Å²) in [5.74, 6) is 1.28. The molecular weight excluding hydrogens is 258 g/mol. The molecule has 0 spiro atoms. The summed E-state index contributed by atoms with van der Waals surface area (Å²) in [4.78, 5) is 27.1. The Balaban J connectivity index is 1.69. The first-order valence-electron chi connectivity index (χ1n) is 7.27. The minimum absolute atomic E-state index is 0.0547. The van der Waals surface area contributed by atoms with Crippen LogP contribution in [0.15, 0.2) is 12.3 Å². The van der Waals surface area contributed by atoms with Crippen LogP contribution in [-0.4, -0.2) is 33.8 Å². The number of rotatable bonds is 2.